The second-order valence-corrected chi connectivity index (χ2v) is 5.48. The predicted molar refractivity (Wildman–Crippen MR) is 84.4 cm³/mol. The van der Waals surface area contributed by atoms with E-state index in [4.69, 9.17) is 0 Å². The van der Waals surface area contributed by atoms with E-state index in [1.165, 1.54) is 12.5 Å². The lowest BCUT2D eigenvalue weighted by molar-refractivity contribution is 0.623. The largest absolute Gasteiger partial charge is 0.291 e. The van der Waals surface area contributed by atoms with Crippen molar-refractivity contribution in [1.29, 1.82) is 0 Å². The van der Waals surface area contributed by atoms with Crippen LogP contribution in [0.1, 0.15) is 26.2 Å². The maximum absolute atomic E-state index is 11.7. The van der Waals surface area contributed by atoms with Crippen LogP contribution in [-0.4, -0.2) is 15.7 Å². The van der Waals surface area contributed by atoms with Gasteiger partial charge in [-0.2, -0.15) is 5.10 Å². The van der Waals surface area contributed by atoms with Gasteiger partial charge in [0.25, 0.3) is 5.56 Å². The second-order valence-electron chi connectivity index (χ2n) is 5.48. The molecule has 0 aliphatic heterocycles. The molecule has 2 N–H and O–H groups in total. The first-order chi connectivity index (χ1) is 10.2. The molecule has 2 aromatic rings. The van der Waals surface area contributed by atoms with Gasteiger partial charge in [0, 0.05) is 17.3 Å². The third kappa shape index (κ3) is 3.37. The molecule has 0 spiro atoms. The Bertz CT molecular complexity index is 706. The van der Waals surface area contributed by atoms with E-state index >= 15 is 0 Å². The Morgan fingerprint density at radius 2 is 2.14 bits per heavy atom. The van der Waals surface area contributed by atoms with Gasteiger partial charge in [-0.3, -0.25) is 9.78 Å². The summed E-state index contributed by atoms with van der Waals surface area (Å²) in [6, 6.07) is 11.1. The molecule has 0 saturated heterocycles. The smallest absolute Gasteiger partial charge is 0.252 e. The molecule has 1 atom stereocenters. The van der Waals surface area contributed by atoms with Crippen molar-refractivity contribution in [2.45, 2.75) is 26.2 Å². The van der Waals surface area contributed by atoms with Gasteiger partial charge < -0.3 is 0 Å². The zero-order chi connectivity index (χ0) is 14.7. The fourth-order valence-electron chi connectivity index (χ4n) is 2.52. The van der Waals surface area contributed by atoms with Crippen molar-refractivity contribution < 1.29 is 0 Å². The van der Waals surface area contributed by atoms with Crippen LogP contribution in [-0.2, 0) is 0 Å². The number of benzene rings is 1. The molecular weight excluding hydrogens is 264 g/mol. The summed E-state index contributed by atoms with van der Waals surface area (Å²) in [7, 11) is 0. The Morgan fingerprint density at radius 3 is 2.86 bits per heavy atom. The van der Waals surface area contributed by atoms with Gasteiger partial charge in [0.05, 0.1) is 5.69 Å². The molecule has 0 bridgehead atoms. The minimum atomic E-state index is -0.189. The van der Waals surface area contributed by atoms with Crippen molar-refractivity contribution in [3.8, 4) is 11.3 Å². The number of nitrogens with one attached hydrogen (secondary N) is 2. The summed E-state index contributed by atoms with van der Waals surface area (Å²) >= 11 is 0. The number of aromatic nitrogens is 2. The Balaban J connectivity index is 1.83. The summed E-state index contributed by atoms with van der Waals surface area (Å²) in [5.74, 6) is 1.07. The SMILES string of the molecule is CC1CC/C(=N/Nc2nc(-c3ccccc3)cc(=O)[nH]2)C1. The standard InChI is InChI=1S/C16H18N4O/c1-11-7-8-13(9-11)19-20-16-17-14(10-15(21)18-16)12-5-3-2-4-6-12/h2-6,10-11H,7-9H2,1H3,(H2,17,18,20,21)/b19-13-. The second kappa shape index (κ2) is 5.91. The van der Waals surface area contributed by atoms with E-state index in [0.717, 1.165) is 24.1 Å². The minimum absolute atomic E-state index is 0.189. The van der Waals surface area contributed by atoms with Crippen molar-refractivity contribution in [1.82, 2.24) is 9.97 Å². The number of H-pyrrole nitrogens is 1. The molecule has 1 aromatic heterocycles. The summed E-state index contributed by atoms with van der Waals surface area (Å²) in [6.07, 6.45) is 3.20. The topological polar surface area (TPSA) is 70.1 Å². The van der Waals surface area contributed by atoms with Gasteiger partial charge in [-0.15, -0.1) is 0 Å². The van der Waals surface area contributed by atoms with Crippen LogP contribution in [0.5, 0.6) is 0 Å². The third-order valence-corrected chi connectivity index (χ3v) is 3.64. The van der Waals surface area contributed by atoms with Gasteiger partial charge in [-0.25, -0.2) is 10.4 Å². The Labute approximate surface area is 123 Å². The lowest BCUT2D eigenvalue weighted by Gasteiger charge is -2.04. The maximum atomic E-state index is 11.7. The molecule has 0 amide bonds. The molecular formula is C16H18N4O. The van der Waals surface area contributed by atoms with E-state index in [1.54, 1.807) is 0 Å². The molecule has 3 rings (SSSR count). The zero-order valence-electron chi connectivity index (χ0n) is 12.0. The molecule has 0 radical (unpaired) electrons. The summed E-state index contributed by atoms with van der Waals surface area (Å²) in [5.41, 5.74) is 5.38. The molecule has 1 heterocycles. The number of anilines is 1. The highest BCUT2D eigenvalue weighted by molar-refractivity contribution is 5.86. The summed E-state index contributed by atoms with van der Waals surface area (Å²) in [4.78, 5) is 18.8. The van der Waals surface area contributed by atoms with Crippen LogP contribution < -0.4 is 11.0 Å². The predicted octanol–water partition coefficient (Wildman–Crippen LogP) is 3.02. The minimum Gasteiger partial charge on any atom is -0.291 e. The van der Waals surface area contributed by atoms with Gasteiger partial charge in [-0.05, 0) is 25.2 Å². The number of nitrogens with zero attached hydrogens (tertiary/aromatic N) is 2. The first kappa shape index (κ1) is 13.5. The summed E-state index contributed by atoms with van der Waals surface area (Å²) < 4.78 is 0. The van der Waals surface area contributed by atoms with E-state index in [2.05, 4.69) is 27.4 Å². The quantitative estimate of drug-likeness (QED) is 0.850. The average Bonchev–Trinajstić information content (AvgIpc) is 2.91. The van der Waals surface area contributed by atoms with E-state index in [1.807, 2.05) is 30.3 Å². The number of hydrogen-bond acceptors (Lipinski definition) is 4. The summed E-state index contributed by atoms with van der Waals surface area (Å²) in [5, 5.41) is 4.35. The van der Waals surface area contributed by atoms with Crippen molar-refractivity contribution >= 4 is 11.7 Å². The highest BCUT2D eigenvalue weighted by atomic mass is 16.1. The number of aromatic amines is 1. The van der Waals surface area contributed by atoms with Gasteiger partial charge in [0.1, 0.15) is 0 Å². The molecule has 1 aliphatic carbocycles. The van der Waals surface area contributed by atoms with Crippen LogP contribution in [0.25, 0.3) is 11.3 Å². The maximum Gasteiger partial charge on any atom is 0.252 e. The normalized spacial score (nSPS) is 19.9. The molecule has 1 unspecified atom stereocenters. The highest BCUT2D eigenvalue weighted by Crippen LogP contribution is 2.22. The van der Waals surface area contributed by atoms with Crippen LogP contribution in [0.2, 0.25) is 0 Å². The monoisotopic (exact) mass is 282 g/mol. The molecule has 5 nitrogen and oxygen atoms in total. The van der Waals surface area contributed by atoms with Crippen LogP contribution in [0, 0.1) is 5.92 Å². The first-order valence-electron chi connectivity index (χ1n) is 7.19. The molecule has 21 heavy (non-hydrogen) atoms. The molecule has 1 fully saturated rings. The van der Waals surface area contributed by atoms with Crippen molar-refractivity contribution in [3.05, 3.63) is 46.8 Å². The Kier molecular flexibility index (Phi) is 3.81. The van der Waals surface area contributed by atoms with Crippen LogP contribution >= 0.6 is 0 Å². The van der Waals surface area contributed by atoms with Crippen molar-refractivity contribution in [2.24, 2.45) is 11.0 Å². The number of hydrazone groups is 1. The van der Waals surface area contributed by atoms with Gasteiger partial charge in [0.2, 0.25) is 5.95 Å². The van der Waals surface area contributed by atoms with E-state index in [0.29, 0.717) is 17.6 Å². The zero-order valence-corrected chi connectivity index (χ0v) is 12.0. The number of hydrogen-bond donors (Lipinski definition) is 2. The fourth-order valence-corrected chi connectivity index (χ4v) is 2.52. The molecule has 5 heteroatoms. The molecule has 108 valence electrons. The Hall–Kier alpha value is -2.43. The Morgan fingerprint density at radius 1 is 1.33 bits per heavy atom. The average molecular weight is 282 g/mol. The van der Waals surface area contributed by atoms with Gasteiger partial charge in [-0.1, -0.05) is 37.3 Å². The number of rotatable bonds is 3. The van der Waals surface area contributed by atoms with Crippen LogP contribution in [0.15, 0.2) is 46.3 Å². The molecule has 1 aliphatic rings. The first-order valence-corrected chi connectivity index (χ1v) is 7.19. The van der Waals surface area contributed by atoms with Gasteiger partial charge in [0.15, 0.2) is 0 Å². The van der Waals surface area contributed by atoms with Crippen LogP contribution in [0.4, 0.5) is 5.95 Å². The molecule has 1 saturated carbocycles. The van der Waals surface area contributed by atoms with Crippen molar-refractivity contribution in [3.63, 3.8) is 0 Å². The third-order valence-electron chi connectivity index (χ3n) is 3.64. The van der Waals surface area contributed by atoms with E-state index < -0.39 is 0 Å². The lowest BCUT2D eigenvalue weighted by Crippen LogP contribution is -2.11. The fraction of sp³-hybridized carbons (Fsp3) is 0.312. The summed E-state index contributed by atoms with van der Waals surface area (Å²) in [6.45, 7) is 2.22. The lowest BCUT2D eigenvalue weighted by atomic mass is 10.1. The van der Waals surface area contributed by atoms with Crippen molar-refractivity contribution in [2.75, 3.05) is 5.43 Å². The molecule has 1 aromatic carbocycles. The van der Waals surface area contributed by atoms with E-state index in [-0.39, 0.29) is 5.56 Å². The van der Waals surface area contributed by atoms with Gasteiger partial charge >= 0.3 is 0 Å². The highest BCUT2D eigenvalue weighted by Gasteiger charge is 2.16. The van der Waals surface area contributed by atoms with E-state index in [9.17, 15) is 4.79 Å². The van der Waals surface area contributed by atoms with Crippen LogP contribution in [0.3, 0.4) is 0 Å².